The minimum Gasteiger partial charge on any atom is -0.368 e. The first-order chi connectivity index (χ1) is 5.24. The summed E-state index contributed by atoms with van der Waals surface area (Å²) in [5.41, 5.74) is 13.1. The normalized spacial score (nSPS) is 27.0. The highest BCUT2D eigenvalue weighted by Gasteiger charge is 2.26. The first kappa shape index (κ1) is 11.0. The third kappa shape index (κ3) is 2.58. The molecule has 1 rings (SSSR count). The lowest BCUT2D eigenvalue weighted by Crippen LogP contribution is -2.36. The van der Waals surface area contributed by atoms with E-state index in [9.17, 15) is 4.79 Å². The van der Waals surface area contributed by atoms with Crippen LogP contribution in [0.3, 0.4) is 0 Å². The van der Waals surface area contributed by atoms with Crippen molar-refractivity contribution in [3.05, 3.63) is 10.4 Å². The number of hydrogen-bond acceptors (Lipinski definition) is 3. The Hall–Kier alpha value is -0.970. The Morgan fingerprint density at radius 1 is 1.75 bits per heavy atom. The smallest absolute Gasteiger partial charge is 0.234 e. The fourth-order valence-corrected chi connectivity index (χ4v) is 1.09. The molecule has 3 N–H and O–H groups in total. The molecule has 68 valence electrons. The van der Waals surface area contributed by atoms with Crippen LogP contribution in [0.1, 0.15) is 6.42 Å². The van der Waals surface area contributed by atoms with Crippen LogP contribution in [-0.2, 0) is 4.79 Å². The summed E-state index contributed by atoms with van der Waals surface area (Å²) in [7, 11) is 0. The van der Waals surface area contributed by atoms with Crippen molar-refractivity contribution in [1.29, 1.82) is 0 Å². The minimum atomic E-state index is -0.388. The molecule has 0 unspecified atom stereocenters. The molecule has 1 aliphatic heterocycles. The van der Waals surface area contributed by atoms with Gasteiger partial charge in [-0.25, -0.2) is 0 Å². The molecule has 1 fully saturated rings. The molecule has 2 atom stereocenters. The predicted octanol–water partition coefficient (Wildman–Crippen LogP) is -0.0657. The summed E-state index contributed by atoms with van der Waals surface area (Å²) in [6.07, 6.45) is 0.513. The Labute approximate surface area is 75.5 Å². The molecule has 0 aromatic rings. The molecule has 6 nitrogen and oxygen atoms in total. The van der Waals surface area contributed by atoms with Gasteiger partial charge in [0, 0.05) is 11.5 Å². The van der Waals surface area contributed by atoms with E-state index in [4.69, 9.17) is 11.3 Å². The molecule has 1 amide bonds. The lowest BCUT2D eigenvalue weighted by Gasteiger charge is -2.01. The van der Waals surface area contributed by atoms with Gasteiger partial charge < -0.3 is 11.1 Å². The molecular weight excluding hydrogens is 182 g/mol. The van der Waals surface area contributed by atoms with Gasteiger partial charge in [0.05, 0.1) is 12.1 Å². The number of nitrogens with zero attached hydrogens (tertiary/aromatic N) is 3. The van der Waals surface area contributed by atoms with E-state index in [0.717, 1.165) is 0 Å². The van der Waals surface area contributed by atoms with Gasteiger partial charge in [0.1, 0.15) is 0 Å². The third-order valence-corrected chi connectivity index (χ3v) is 1.67. The van der Waals surface area contributed by atoms with E-state index in [1.807, 2.05) is 0 Å². The monoisotopic (exact) mass is 191 g/mol. The Balaban J connectivity index is 0.00000121. The van der Waals surface area contributed by atoms with Crippen LogP contribution in [0.15, 0.2) is 5.11 Å². The number of primary amides is 1. The molecule has 12 heavy (non-hydrogen) atoms. The van der Waals surface area contributed by atoms with Crippen molar-refractivity contribution in [2.45, 2.75) is 18.5 Å². The van der Waals surface area contributed by atoms with Crippen LogP contribution in [0.5, 0.6) is 0 Å². The number of halogens is 1. The van der Waals surface area contributed by atoms with Gasteiger partial charge in [0.2, 0.25) is 5.91 Å². The van der Waals surface area contributed by atoms with Crippen molar-refractivity contribution >= 4 is 18.3 Å². The molecule has 1 saturated heterocycles. The Morgan fingerprint density at radius 2 is 2.42 bits per heavy atom. The fourth-order valence-electron chi connectivity index (χ4n) is 1.09. The van der Waals surface area contributed by atoms with Crippen LogP contribution in [0.25, 0.3) is 10.4 Å². The summed E-state index contributed by atoms with van der Waals surface area (Å²) < 4.78 is 0. The summed E-state index contributed by atoms with van der Waals surface area (Å²) in [6, 6.07) is -0.456. The predicted molar refractivity (Wildman–Crippen MR) is 45.8 cm³/mol. The van der Waals surface area contributed by atoms with Gasteiger partial charge in [-0.15, -0.1) is 12.4 Å². The van der Waals surface area contributed by atoms with E-state index < -0.39 is 0 Å². The maximum atomic E-state index is 10.6. The highest BCUT2D eigenvalue weighted by molar-refractivity contribution is 5.85. The van der Waals surface area contributed by atoms with Crippen molar-refractivity contribution in [2.75, 3.05) is 6.54 Å². The first-order valence-electron chi connectivity index (χ1n) is 3.31. The topological polar surface area (TPSA) is 104 Å². The number of azide groups is 1. The summed E-state index contributed by atoms with van der Waals surface area (Å²) in [6.45, 7) is 0.539. The van der Waals surface area contributed by atoms with Gasteiger partial charge in [-0.05, 0) is 12.0 Å². The van der Waals surface area contributed by atoms with E-state index in [1.165, 1.54) is 0 Å². The average Bonchev–Trinajstić information content (AvgIpc) is 2.37. The lowest BCUT2D eigenvalue weighted by molar-refractivity contribution is -0.119. The number of nitrogens with two attached hydrogens (primary N) is 1. The first-order valence-corrected chi connectivity index (χ1v) is 3.31. The maximum absolute atomic E-state index is 10.6. The van der Waals surface area contributed by atoms with Crippen molar-refractivity contribution in [3.63, 3.8) is 0 Å². The van der Waals surface area contributed by atoms with Crippen molar-refractivity contribution in [3.8, 4) is 0 Å². The lowest BCUT2D eigenvalue weighted by atomic mass is 10.2. The number of nitrogens with one attached hydrogen (secondary N) is 1. The van der Waals surface area contributed by atoms with E-state index in [-0.39, 0.29) is 30.4 Å². The van der Waals surface area contributed by atoms with Gasteiger partial charge in [-0.2, -0.15) is 0 Å². The molecule has 0 saturated carbocycles. The quantitative estimate of drug-likeness (QED) is 0.363. The Bertz CT molecular complexity index is 206. The maximum Gasteiger partial charge on any atom is 0.234 e. The summed E-state index contributed by atoms with van der Waals surface area (Å²) in [5, 5.41) is 6.32. The zero-order chi connectivity index (χ0) is 8.27. The fraction of sp³-hybridized carbons (Fsp3) is 0.800. The van der Waals surface area contributed by atoms with Crippen LogP contribution in [-0.4, -0.2) is 24.5 Å². The Morgan fingerprint density at radius 3 is 2.83 bits per heavy atom. The molecule has 0 aliphatic carbocycles. The molecule has 1 heterocycles. The van der Waals surface area contributed by atoms with E-state index in [2.05, 4.69) is 15.3 Å². The molecule has 1 aliphatic rings. The standard InChI is InChI=1S/C5H9N5O.ClH/c6-5(11)4-1-3(2-8-4)9-10-7;/h3-4,8H,1-2H2,(H2,6,11);1H/t3-,4-;/m0./s1. The highest BCUT2D eigenvalue weighted by atomic mass is 35.5. The van der Waals surface area contributed by atoms with Crippen LogP contribution >= 0.6 is 12.4 Å². The van der Waals surface area contributed by atoms with E-state index in [0.29, 0.717) is 13.0 Å². The van der Waals surface area contributed by atoms with Gasteiger partial charge in [-0.3, -0.25) is 4.79 Å². The molecule has 7 heteroatoms. The van der Waals surface area contributed by atoms with Crippen LogP contribution in [0, 0.1) is 0 Å². The van der Waals surface area contributed by atoms with Crippen LogP contribution in [0.2, 0.25) is 0 Å². The average molecular weight is 192 g/mol. The molecule has 0 aromatic heterocycles. The van der Waals surface area contributed by atoms with Crippen molar-refractivity contribution in [2.24, 2.45) is 10.8 Å². The molecular formula is C5H10ClN5O. The van der Waals surface area contributed by atoms with Crippen LogP contribution in [0.4, 0.5) is 0 Å². The van der Waals surface area contributed by atoms with Gasteiger partial charge >= 0.3 is 0 Å². The zero-order valence-electron chi connectivity index (χ0n) is 6.30. The number of rotatable bonds is 2. The number of carbonyl (C=O) groups excluding carboxylic acids is 1. The number of amides is 1. The van der Waals surface area contributed by atoms with E-state index >= 15 is 0 Å². The van der Waals surface area contributed by atoms with Crippen molar-refractivity contribution < 1.29 is 4.79 Å². The number of hydrogen-bond donors (Lipinski definition) is 2. The van der Waals surface area contributed by atoms with Crippen molar-refractivity contribution in [1.82, 2.24) is 5.32 Å². The third-order valence-electron chi connectivity index (χ3n) is 1.67. The number of carbonyl (C=O) groups is 1. The van der Waals surface area contributed by atoms with Crippen LogP contribution < -0.4 is 11.1 Å². The summed E-state index contributed by atoms with van der Waals surface area (Å²) >= 11 is 0. The second kappa shape index (κ2) is 4.82. The zero-order valence-corrected chi connectivity index (χ0v) is 7.12. The van der Waals surface area contributed by atoms with Gasteiger partial charge in [0.15, 0.2) is 0 Å². The molecule has 0 aromatic carbocycles. The largest absolute Gasteiger partial charge is 0.368 e. The summed E-state index contributed by atoms with van der Waals surface area (Å²) in [4.78, 5) is 13.2. The molecule has 0 bridgehead atoms. The van der Waals surface area contributed by atoms with Gasteiger partial charge in [-0.1, -0.05) is 5.11 Å². The second-order valence-electron chi connectivity index (χ2n) is 2.46. The van der Waals surface area contributed by atoms with E-state index in [1.54, 1.807) is 0 Å². The Kier molecular flexibility index (Phi) is 4.43. The molecule has 0 spiro atoms. The SMILES string of the molecule is Cl.[N-]=[N+]=N[C@@H]1CN[C@H](C(N)=O)C1. The highest BCUT2D eigenvalue weighted by Crippen LogP contribution is 2.09. The van der Waals surface area contributed by atoms with Gasteiger partial charge in [0.25, 0.3) is 0 Å². The second-order valence-corrected chi connectivity index (χ2v) is 2.46. The molecule has 0 radical (unpaired) electrons. The minimum absolute atomic E-state index is 0. The summed E-state index contributed by atoms with van der Waals surface area (Å²) in [5.74, 6) is -0.388.